The number of aromatic nitrogens is 2. The molecule has 0 bridgehead atoms. The van der Waals surface area contributed by atoms with Crippen LogP contribution < -0.4 is 0 Å². The van der Waals surface area contributed by atoms with Crippen molar-refractivity contribution in [1.82, 2.24) is 9.36 Å². The largest absolute Gasteiger partial charge is 0.224 e. The van der Waals surface area contributed by atoms with Gasteiger partial charge in [0.2, 0.25) is 0 Å². The van der Waals surface area contributed by atoms with Crippen LogP contribution in [0.4, 0.5) is 0 Å². The van der Waals surface area contributed by atoms with Crippen molar-refractivity contribution in [3.63, 3.8) is 0 Å². The Bertz CT molecular complexity index is 206. The molecule has 1 aromatic heterocycles. The summed E-state index contributed by atoms with van der Waals surface area (Å²) in [4.78, 5) is 4.11. The van der Waals surface area contributed by atoms with Crippen molar-refractivity contribution in [1.29, 1.82) is 0 Å². The second-order valence-electron chi connectivity index (χ2n) is 1.60. The molecule has 0 spiro atoms. The maximum atomic E-state index is 4.64. The van der Waals surface area contributed by atoms with Crippen LogP contribution in [0.3, 0.4) is 0 Å². The Hall–Kier alpha value is -0.350. The van der Waals surface area contributed by atoms with E-state index in [9.17, 15) is 0 Å². The van der Waals surface area contributed by atoms with Crippen LogP contribution in [0.5, 0.6) is 0 Å². The number of hydrogen-bond acceptors (Lipinski definition) is 4. The third kappa shape index (κ3) is 1.80. The normalized spacial score (nSPS) is 9.44. The minimum atomic E-state index is 0.708. The first-order chi connectivity index (χ1) is 4.33. The van der Waals surface area contributed by atoms with Gasteiger partial charge in [-0.3, -0.25) is 0 Å². The highest BCUT2D eigenvalue weighted by atomic mass is 32.1. The maximum Gasteiger partial charge on any atom is 0.147 e. The number of aryl methyl sites for hydroxylation is 1. The topological polar surface area (TPSA) is 25.8 Å². The summed E-state index contributed by atoms with van der Waals surface area (Å²) in [6.07, 6.45) is 0.708. The summed E-state index contributed by atoms with van der Waals surface area (Å²) in [5.41, 5.74) is 0. The van der Waals surface area contributed by atoms with Crippen LogP contribution in [0.1, 0.15) is 10.8 Å². The van der Waals surface area contributed by atoms with Crippen LogP contribution in [-0.4, -0.2) is 14.7 Å². The molecule has 48 valence electrons. The van der Waals surface area contributed by atoms with E-state index in [1.54, 1.807) is 5.37 Å². The standard InChI is InChI=1S/C5H6N2S2/c1-4-6-5(2-3-8)7-9-4/h3H,2H2,1H3. The third-order valence-corrected chi connectivity index (χ3v) is 1.66. The van der Waals surface area contributed by atoms with Gasteiger partial charge in [-0.15, -0.1) is 0 Å². The van der Waals surface area contributed by atoms with Gasteiger partial charge in [-0.25, -0.2) is 4.98 Å². The van der Waals surface area contributed by atoms with E-state index in [4.69, 9.17) is 0 Å². The molecule has 0 radical (unpaired) electrons. The SMILES string of the molecule is Cc1nc(CC=S)ns1. The molecule has 0 aliphatic rings. The number of thiocarbonyl (C=S) groups is 1. The molecule has 1 aromatic rings. The molecule has 0 amide bonds. The van der Waals surface area contributed by atoms with Crippen LogP contribution in [0.25, 0.3) is 0 Å². The summed E-state index contributed by atoms with van der Waals surface area (Å²) in [7, 11) is 0. The number of nitrogens with zero attached hydrogens (tertiary/aromatic N) is 2. The van der Waals surface area contributed by atoms with Crippen LogP contribution in [0.15, 0.2) is 0 Å². The van der Waals surface area contributed by atoms with Crippen LogP contribution in [0, 0.1) is 6.92 Å². The van der Waals surface area contributed by atoms with Crippen molar-refractivity contribution in [2.75, 3.05) is 0 Å². The first kappa shape index (κ1) is 6.77. The minimum absolute atomic E-state index is 0.708. The summed E-state index contributed by atoms with van der Waals surface area (Å²) in [6.45, 7) is 1.94. The molecule has 0 saturated carbocycles. The van der Waals surface area contributed by atoms with Crippen LogP contribution in [-0.2, 0) is 6.42 Å². The molecule has 0 atom stereocenters. The summed E-state index contributed by atoms with van der Waals surface area (Å²) < 4.78 is 4.04. The Kier molecular flexibility index (Phi) is 2.24. The molecule has 0 aliphatic carbocycles. The number of hydrogen-bond donors (Lipinski definition) is 0. The predicted molar refractivity (Wildman–Crippen MR) is 42.0 cm³/mol. The third-order valence-electron chi connectivity index (χ3n) is 0.836. The van der Waals surface area contributed by atoms with Crippen molar-refractivity contribution in [3.05, 3.63) is 10.8 Å². The first-order valence-corrected chi connectivity index (χ1v) is 3.80. The van der Waals surface area contributed by atoms with E-state index < -0.39 is 0 Å². The lowest BCUT2D eigenvalue weighted by molar-refractivity contribution is 1.09. The highest BCUT2D eigenvalue weighted by Crippen LogP contribution is 2.01. The van der Waals surface area contributed by atoms with Crippen molar-refractivity contribution < 1.29 is 0 Å². The molecule has 1 heterocycles. The van der Waals surface area contributed by atoms with Gasteiger partial charge in [0.05, 0.1) is 0 Å². The van der Waals surface area contributed by atoms with Gasteiger partial charge in [-0.2, -0.15) is 4.37 Å². The van der Waals surface area contributed by atoms with Crippen molar-refractivity contribution in [3.8, 4) is 0 Å². The minimum Gasteiger partial charge on any atom is -0.224 e. The molecule has 0 N–H and O–H groups in total. The highest BCUT2D eigenvalue weighted by molar-refractivity contribution is 7.78. The summed E-state index contributed by atoms with van der Waals surface area (Å²) >= 11 is 6.06. The van der Waals surface area contributed by atoms with Crippen LogP contribution in [0.2, 0.25) is 0 Å². The first-order valence-electron chi connectivity index (χ1n) is 2.56. The molecule has 0 aromatic carbocycles. The molecular weight excluding hydrogens is 152 g/mol. The van der Waals surface area contributed by atoms with Gasteiger partial charge < -0.3 is 0 Å². The average molecular weight is 158 g/mol. The molecule has 0 unspecified atom stereocenters. The molecule has 2 nitrogen and oxygen atoms in total. The second kappa shape index (κ2) is 2.98. The van der Waals surface area contributed by atoms with Gasteiger partial charge in [0.25, 0.3) is 0 Å². The van der Waals surface area contributed by atoms with Gasteiger partial charge in [0.15, 0.2) is 0 Å². The summed E-state index contributed by atoms with van der Waals surface area (Å²) in [5, 5.41) is 2.64. The molecule has 1 rings (SSSR count). The fourth-order valence-corrected chi connectivity index (χ4v) is 1.15. The quantitative estimate of drug-likeness (QED) is 0.608. The van der Waals surface area contributed by atoms with E-state index >= 15 is 0 Å². The average Bonchev–Trinajstić information content (AvgIpc) is 2.17. The smallest absolute Gasteiger partial charge is 0.147 e. The predicted octanol–water partition coefficient (Wildman–Crippen LogP) is 1.39. The van der Waals surface area contributed by atoms with Gasteiger partial charge >= 0.3 is 0 Å². The van der Waals surface area contributed by atoms with Gasteiger partial charge in [0, 0.05) is 6.42 Å². The van der Waals surface area contributed by atoms with Crippen molar-refractivity contribution >= 4 is 29.1 Å². The maximum absolute atomic E-state index is 4.64. The van der Waals surface area contributed by atoms with E-state index in [0.717, 1.165) is 10.8 Å². The summed E-state index contributed by atoms with van der Waals surface area (Å²) in [6, 6.07) is 0. The van der Waals surface area contributed by atoms with E-state index in [1.807, 2.05) is 6.92 Å². The van der Waals surface area contributed by atoms with Crippen LogP contribution >= 0.6 is 23.8 Å². The molecule has 0 fully saturated rings. The lowest BCUT2D eigenvalue weighted by atomic mass is 10.5. The van der Waals surface area contributed by atoms with E-state index in [0.29, 0.717) is 6.42 Å². The highest BCUT2D eigenvalue weighted by Gasteiger charge is 1.95. The van der Waals surface area contributed by atoms with Gasteiger partial charge in [-0.05, 0) is 23.8 Å². The Morgan fingerprint density at radius 3 is 3.00 bits per heavy atom. The zero-order valence-corrected chi connectivity index (χ0v) is 6.63. The Morgan fingerprint density at radius 2 is 2.56 bits per heavy atom. The van der Waals surface area contributed by atoms with Gasteiger partial charge in [-0.1, -0.05) is 12.2 Å². The lowest BCUT2D eigenvalue weighted by Gasteiger charge is -1.78. The molecule has 0 aliphatic heterocycles. The Labute approximate surface area is 63.1 Å². The fraction of sp³-hybridized carbons (Fsp3) is 0.400. The second-order valence-corrected chi connectivity index (χ2v) is 2.89. The van der Waals surface area contributed by atoms with E-state index in [2.05, 4.69) is 21.6 Å². The Balaban J connectivity index is 2.72. The van der Waals surface area contributed by atoms with E-state index in [-0.39, 0.29) is 0 Å². The monoisotopic (exact) mass is 158 g/mol. The lowest BCUT2D eigenvalue weighted by Crippen LogP contribution is -1.85. The Morgan fingerprint density at radius 1 is 1.78 bits per heavy atom. The number of rotatable bonds is 2. The summed E-state index contributed by atoms with van der Waals surface area (Å²) in [5.74, 6) is 0.840. The zero-order chi connectivity index (χ0) is 6.69. The molecular formula is C5H6N2S2. The van der Waals surface area contributed by atoms with Gasteiger partial charge in [0.1, 0.15) is 10.8 Å². The van der Waals surface area contributed by atoms with E-state index in [1.165, 1.54) is 11.5 Å². The van der Waals surface area contributed by atoms with Crippen molar-refractivity contribution in [2.24, 2.45) is 0 Å². The molecule has 4 heteroatoms. The molecule has 9 heavy (non-hydrogen) atoms. The zero-order valence-electron chi connectivity index (χ0n) is 5.00. The van der Waals surface area contributed by atoms with Crippen molar-refractivity contribution in [2.45, 2.75) is 13.3 Å². The fourth-order valence-electron chi connectivity index (χ4n) is 0.499. The molecule has 0 saturated heterocycles.